The first-order chi connectivity index (χ1) is 14.9. The highest BCUT2D eigenvalue weighted by atomic mass is 35.5. The van der Waals surface area contributed by atoms with Crippen LogP contribution in [0, 0.1) is 0 Å². The summed E-state index contributed by atoms with van der Waals surface area (Å²) in [5.41, 5.74) is 1.28. The maximum atomic E-state index is 12.7. The lowest BCUT2D eigenvalue weighted by Crippen LogP contribution is -2.58. The molecular formula is C24H30ClN3O3. The molecule has 3 rings (SSSR count). The average molecular weight is 444 g/mol. The van der Waals surface area contributed by atoms with Crippen LogP contribution in [0.1, 0.15) is 48.7 Å². The Labute approximate surface area is 188 Å². The van der Waals surface area contributed by atoms with Crippen LogP contribution in [0.2, 0.25) is 5.02 Å². The molecule has 0 bridgehead atoms. The molecule has 2 amide bonds. The summed E-state index contributed by atoms with van der Waals surface area (Å²) in [6.07, 6.45) is 1.59. The fraction of sp³-hybridized carbons (Fsp3) is 0.417. The van der Waals surface area contributed by atoms with Gasteiger partial charge in [0.2, 0.25) is 5.91 Å². The third kappa shape index (κ3) is 6.29. The summed E-state index contributed by atoms with van der Waals surface area (Å²) < 4.78 is 5.56. The van der Waals surface area contributed by atoms with Gasteiger partial charge in [-0.25, -0.2) is 0 Å². The van der Waals surface area contributed by atoms with E-state index in [-0.39, 0.29) is 23.4 Å². The summed E-state index contributed by atoms with van der Waals surface area (Å²) in [7, 11) is 0. The molecule has 1 fully saturated rings. The van der Waals surface area contributed by atoms with E-state index in [0.717, 1.165) is 12.8 Å². The summed E-state index contributed by atoms with van der Waals surface area (Å²) >= 11 is 6.08. The zero-order valence-electron chi connectivity index (χ0n) is 18.0. The second-order valence-corrected chi connectivity index (χ2v) is 8.47. The summed E-state index contributed by atoms with van der Waals surface area (Å²) in [5, 5.41) is 9.81. The molecule has 0 radical (unpaired) electrons. The minimum Gasteiger partial charge on any atom is -0.381 e. The van der Waals surface area contributed by atoms with Crippen molar-refractivity contribution in [3.8, 4) is 0 Å². The summed E-state index contributed by atoms with van der Waals surface area (Å²) in [5.74, 6) is -0.606. The molecule has 1 aliphatic rings. The number of halogens is 1. The van der Waals surface area contributed by atoms with Crippen LogP contribution in [0.15, 0.2) is 54.6 Å². The van der Waals surface area contributed by atoms with Gasteiger partial charge in [0.1, 0.15) is 6.04 Å². The van der Waals surface area contributed by atoms with Gasteiger partial charge < -0.3 is 20.7 Å². The molecule has 2 atom stereocenters. The minimum absolute atomic E-state index is 0.133. The third-order valence-corrected chi connectivity index (χ3v) is 6.06. The smallest absolute Gasteiger partial charge is 0.253 e. The highest BCUT2D eigenvalue weighted by Gasteiger charge is 2.34. The molecule has 2 aromatic rings. The molecular weight excluding hydrogens is 414 g/mol. The van der Waals surface area contributed by atoms with Gasteiger partial charge >= 0.3 is 0 Å². The van der Waals surface area contributed by atoms with Gasteiger partial charge in [0.15, 0.2) is 0 Å². The van der Waals surface area contributed by atoms with Crippen LogP contribution in [0.25, 0.3) is 0 Å². The molecule has 1 saturated heterocycles. The number of ether oxygens (including phenoxy) is 1. The monoisotopic (exact) mass is 443 g/mol. The van der Waals surface area contributed by atoms with Crippen molar-refractivity contribution in [2.75, 3.05) is 19.8 Å². The lowest BCUT2D eigenvalue weighted by molar-refractivity contribution is -0.123. The van der Waals surface area contributed by atoms with Crippen molar-refractivity contribution in [2.24, 2.45) is 0 Å². The molecule has 1 heterocycles. The second-order valence-electron chi connectivity index (χ2n) is 8.06. The largest absolute Gasteiger partial charge is 0.381 e. The van der Waals surface area contributed by atoms with E-state index in [1.165, 1.54) is 5.56 Å². The van der Waals surface area contributed by atoms with Crippen molar-refractivity contribution in [1.29, 1.82) is 0 Å². The standard InChI is InChI=1S/C24H30ClN3O3/c1-17(19-8-4-3-5-9-19)28-24(12-14-31-15-13-24)16-26-22(29)18(2)27-23(30)20-10-6-7-11-21(20)25/h3-11,17-18,28H,12-16H2,1-2H3,(H,26,29)(H,27,30). The fourth-order valence-electron chi connectivity index (χ4n) is 3.81. The van der Waals surface area contributed by atoms with Gasteiger partial charge in [0, 0.05) is 31.3 Å². The van der Waals surface area contributed by atoms with Gasteiger partial charge in [-0.05, 0) is 44.4 Å². The Kier molecular flexibility index (Phi) is 8.07. The van der Waals surface area contributed by atoms with E-state index in [1.807, 2.05) is 18.2 Å². The molecule has 166 valence electrons. The molecule has 0 aromatic heterocycles. The second kappa shape index (κ2) is 10.8. The lowest BCUT2D eigenvalue weighted by Gasteiger charge is -2.40. The molecule has 7 heteroatoms. The maximum absolute atomic E-state index is 12.7. The van der Waals surface area contributed by atoms with Gasteiger partial charge in [0.25, 0.3) is 5.91 Å². The van der Waals surface area contributed by atoms with E-state index >= 15 is 0 Å². The molecule has 2 unspecified atom stereocenters. The Morgan fingerprint density at radius 3 is 2.35 bits per heavy atom. The van der Waals surface area contributed by atoms with Gasteiger partial charge in [-0.1, -0.05) is 54.1 Å². The van der Waals surface area contributed by atoms with Gasteiger partial charge in [0.05, 0.1) is 10.6 Å². The molecule has 0 spiro atoms. The Hall–Kier alpha value is -2.41. The van der Waals surface area contributed by atoms with E-state index in [4.69, 9.17) is 16.3 Å². The van der Waals surface area contributed by atoms with Gasteiger partial charge in [-0.2, -0.15) is 0 Å². The van der Waals surface area contributed by atoms with Crippen LogP contribution >= 0.6 is 11.6 Å². The maximum Gasteiger partial charge on any atom is 0.253 e. The average Bonchev–Trinajstić information content (AvgIpc) is 2.79. The molecule has 0 saturated carbocycles. The number of carbonyl (C=O) groups is 2. The van der Waals surface area contributed by atoms with E-state index < -0.39 is 6.04 Å². The van der Waals surface area contributed by atoms with E-state index in [0.29, 0.717) is 30.3 Å². The Morgan fingerprint density at radius 1 is 1.03 bits per heavy atom. The predicted molar refractivity (Wildman–Crippen MR) is 122 cm³/mol. The zero-order chi connectivity index (χ0) is 22.3. The predicted octanol–water partition coefficient (Wildman–Crippen LogP) is 3.47. The van der Waals surface area contributed by atoms with Gasteiger partial charge in [-0.3, -0.25) is 9.59 Å². The van der Waals surface area contributed by atoms with Crippen LogP contribution in [-0.2, 0) is 9.53 Å². The minimum atomic E-state index is -0.688. The van der Waals surface area contributed by atoms with Crippen molar-refractivity contribution >= 4 is 23.4 Å². The quantitative estimate of drug-likeness (QED) is 0.583. The van der Waals surface area contributed by atoms with E-state index in [9.17, 15) is 9.59 Å². The fourth-order valence-corrected chi connectivity index (χ4v) is 4.03. The number of rotatable bonds is 8. The first kappa shape index (κ1) is 23.3. The van der Waals surface area contributed by atoms with Gasteiger partial charge in [-0.15, -0.1) is 0 Å². The van der Waals surface area contributed by atoms with Crippen molar-refractivity contribution in [2.45, 2.75) is 44.3 Å². The summed E-state index contributed by atoms with van der Waals surface area (Å²) in [6.45, 7) is 5.53. The van der Waals surface area contributed by atoms with Crippen molar-refractivity contribution < 1.29 is 14.3 Å². The highest BCUT2D eigenvalue weighted by molar-refractivity contribution is 6.33. The molecule has 2 aromatic carbocycles. The number of benzene rings is 2. The Balaban J connectivity index is 1.59. The first-order valence-corrected chi connectivity index (χ1v) is 11.0. The number of amides is 2. The number of nitrogens with one attached hydrogen (secondary N) is 3. The van der Waals surface area contributed by atoms with Crippen LogP contribution in [0.3, 0.4) is 0 Å². The van der Waals surface area contributed by atoms with Crippen LogP contribution in [0.4, 0.5) is 0 Å². The van der Waals surface area contributed by atoms with Crippen LogP contribution in [0.5, 0.6) is 0 Å². The summed E-state index contributed by atoms with van der Waals surface area (Å²) in [6, 6.07) is 16.4. The van der Waals surface area contributed by atoms with Crippen molar-refractivity contribution in [1.82, 2.24) is 16.0 Å². The van der Waals surface area contributed by atoms with Crippen LogP contribution < -0.4 is 16.0 Å². The molecule has 1 aliphatic heterocycles. The molecule has 31 heavy (non-hydrogen) atoms. The van der Waals surface area contributed by atoms with Crippen LogP contribution in [-0.4, -0.2) is 43.2 Å². The molecule has 6 nitrogen and oxygen atoms in total. The van der Waals surface area contributed by atoms with Crippen molar-refractivity contribution in [3.05, 3.63) is 70.7 Å². The molecule has 0 aliphatic carbocycles. The van der Waals surface area contributed by atoms with Crippen molar-refractivity contribution in [3.63, 3.8) is 0 Å². The lowest BCUT2D eigenvalue weighted by atomic mass is 9.88. The number of hydrogen-bond acceptors (Lipinski definition) is 4. The number of hydrogen-bond donors (Lipinski definition) is 3. The molecule has 3 N–H and O–H groups in total. The van der Waals surface area contributed by atoms with E-state index in [1.54, 1.807) is 31.2 Å². The number of carbonyl (C=O) groups excluding carboxylic acids is 2. The zero-order valence-corrected chi connectivity index (χ0v) is 18.7. The summed E-state index contributed by atoms with van der Waals surface area (Å²) in [4.78, 5) is 25.2. The highest BCUT2D eigenvalue weighted by Crippen LogP contribution is 2.25. The van der Waals surface area contributed by atoms with E-state index in [2.05, 4.69) is 35.0 Å². The topological polar surface area (TPSA) is 79.5 Å². The normalized spacial score (nSPS) is 17.4. The SMILES string of the molecule is CC(NC(=O)c1ccccc1Cl)C(=O)NCC1(NC(C)c2ccccc2)CCOCC1. The Morgan fingerprint density at radius 2 is 1.68 bits per heavy atom. The Bertz CT molecular complexity index is 885. The first-order valence-electron chi connectivity index (χ1n) is 10.6. The third-order valence-electron chi connectivity index (χ3n) is 5.73.